The Morgan fingerprint density at radius 3 is 2.62 bits per heavy atom. The van der Waals surface area contributed by atoms with E-state index in [0.29, 0.717) is 13.0 Å². The highest BCUT2D eigenvalue weighted by Gasteiger charge is 2.40. The van der Waals surface area contributed by atoms with E-state index in [4.69, 9.17) is 5.73 Å². The zero-order valence-electron chi connectivity index (χ0n) is 11.7. The second kappa shape index (κ2) is 5.05. The van der Waals surface area contributed by atoms with Crippen LogP contribution in [0.15, 0.2) is 6.07 Å². The molecule has 2 heterocycles. The summed E-state index contributed by atoms with van der Waals surface area (Å²) in [7, 11) is 1.44. The molecule has 6 nitrogen and oxygen atoms in total. The smallest absolute Gasteiger partial charge is 0.369 e. The van der Waals surface area contributed by atoms with E-state index >= 15 is 0 Å². The lowest BCUT2D eigenvalue weighted by atomic mass is 9.89. The van der Waals surface area contributed by atoms with Gasteiger partial charge in [-0.2, -0.15) is 18.2 Å². The summed E-state index contributed by atoms with van der Waals surface area (Å²) in [6.07, 6.45) is -4.08. The van der Waals surface area contributed by atoms with Gasteiger partial charge in [0.15, 0.2) is 5.69 Å². The number of carbonyl (C=O) groups is 1. The molecular formula is C12H16F3N5O. The van der Waals surface area contributed by atoms with Crippen LogP contribution in [0.5, 0.6) is 0 Å². The summed E-state index contributed by atoms with van der Waals surface area (Å²) in [5, 5.41) is 2.51. The number of hydrogen-bond acceptors (Lipinski definition) is 5. The number of alkyl halides is 3. The van der Waals surface area contributed by atoms with E-state index < -0.39 is 23.2 Å². The normalized spacial score (nSPS) is 22.4. The first-order valence-corrected chi connectivity index (χ1v) is 6.34. The van der Waals surface area contributed by atoms with Gasteiger partial charge in [0.05, 0.1) is 5.41 Å². The molecule has 1 aromatic rings. The minimum Gasteiger partial charge on any atom is -0.369 e. The van der Waals surface area contributed by atoms with Crippen molar-refractivity contribution in [3.63, 3.8) is 0 Å². The molecule has 1 unspecified atom stereocenters. The van der Waals surface area contributed by atoms with E-state index in [0.717, 1.165) is 6.07 Å². The lowest BCUT2D eigenvalue weighted by Crippen LogP contribution is -2.37. The van der Waals surface area contributed by atoms with Crippen molar-refractivity contribution in [3.8, 4) is 0 Å². The average Bonchev–Trinajstić information content (AvgIpc) is 2.81. The summed E-state index contributed by atoms with van der Waals surface area (Å²) in [6, 6.07) is 0.883. The van der Waals surface area contributed by atoms with E-state index in [1.54, 1.807) is 11.8 Å². The Balaban J connectivity index is 2.35. The van der Waals surface area contributed by atoms with Gasteiger partial charge in [-0.25, -0.2) is 4.98 Å². The molecule has 1 aliphatic heterocycles. The van der Waals surface area contributed by atoms with Crippen molar-refractivity contribution in [2.75, 3.05) is 30.4 Å². The molecule has 0 bridgehead atoms. The van der Waals surface area contributed by atoms with E-state index in [9.17, 15) is 18.0 Å². The number of nitrogens with two attached hydrogens (primary N) is 1. The molecule has 0 radical (unpaired) electrons. The number of rotatable bonds is 3. The first-order chi connectivity index (χ1) is 9.65. The van der Waals surface area contributed by atoms with Gasteiger partial charge in [0.1, 0.15) is 5.82 Å². The number of halogens is 3. The van der Waals surface area contributed by atoms with Crippen LogP contribution in [0.4, 0.5) is 24.9 Å². The van der Waals surface area contributed by atoms with Crippen LogP contribution in [0.2, 0.25) is 0 Å². The Bertz CT molecular complexity index is 562. The molecule has 0 aromatic carbocycles. The summed E-state index contributed by atoms with van der Waals surface area (Å²) >= 11 is 0. The molecule has 9 heteroatoms. The first kappa shape index (κ1) is 15.3. The van der Waals surface area contributed by atoms with Crippen molar-refractivity contribution in [1.82, 2.24) is 9.97 Å². The number of primary amides is 1. The Morgan fingerprint density at radius 1 is 1.48 bits per heavy atom. The fraction of sp³-hybridized carbons (Fsp3) is 0.583. The molecule has 1 saturated heterocycles. The van der Waals surface area contributed by atoms with Crippen molar-refractivity contribution >= 4 is 17.7 Å². The molecule has 116 valence electrons. The Hall–Kier alpha value is -2.06. The maximum atomic E-state index is 12.8. The number of nitrogens with one attached hydrogen (secondary N) is 1. The Morgan fingerprint density at radius 2 is 2.14 bits per heavy atom. The molecule has 1 aliphatic rings. The van der Waals surface area contributed by atoms with Gasteiger partial charge in [-0.3, -0.25) is 4.79 Å². The third-order valence-electron chi connectivity index (χ3n) is 3.62. The van der Waals surface area contributed by atoms with Crippen molar-refractivity contribution in [2.24, 2.45) is 11.1 Å². The molecule has 1 atom stereocenters. The number of anilines is 2. The maximum absolute atomic E-state index is 12.8. The summed E-state index contributed by atoms with van der Waals surface area (Å²) < 4.78 is 38.5. The molecule has 21 heavy (non-hydrogen) atoms. The van der Waals surface area contributed by atoms with E-state index in [1.165, 1.54) is 7.05 Å². The van der Waals surface area contributed by atoms with Crippen LogP contribution < -0.4 is 16.0 Å². The third kappa shape index (κ3) is 3.01. The van der Waals surface area contributed by atoms with Crippen molar-refractivity contribution in [3.05, 3.63) is 11.8 Å². The summed E-state index contributed by atoms with van der Waals surface area (Å²) in [6.45, 7) is 2.34. The highest BCUT2D eigenvalue weighted by Crippen LogP contribution is 2.35. The molecule has 2 rings (SSSR count). The average molecular weight is 303 g/mol. The monoisotopic (exact) mass is 303 g/mol. The van der Waals surface area contributed by atoms with Gasteiger partial charge in [-0.1, -0.05) is 0 Å². The minimum atomic E-state index is -4.56. The van der Waals surface area contributed by atoms with Crippen LogP contribution >= 0.6 is 0 Å². The molecular weight excluding hydrogens is 287 g/mol. The number of aromatic nitrogens is 2. The molecule has 1 fully saturated rings. The minimum absolute atomic E-state index is 0.118. The molecule has 3 N–H and O–H groups in total. The number of amides is 1. The van der Waals surface area contributed by atoms with Gasteiger partial charge in [0, 0.05) is 26.2 Å². The topological polar surface area (TPSA) is 84.1 Å². The summed E-state index contributed by atoms with van der Waals surface area (Å²) in [4.78, 5) is 20.5. The van der Waals surface area contributed by atoms with Crippen LogP contribution in [0.3, 0.4) is 0 Å². The van der Waals surface area contributed by atoms with Gasteiger partial charge < -0.3 is 16.0 Å². The predicted molar refractivity (Wildman–Crippen MR) is 70.7 cm³/mol. The van der Waals surface area contributed by atoms with Gasteiger partial charge in [-0.15, -0.1) is 0 Å². The van der Waals surface area contributed by atoms with Gasteiger partial charge >= 0.3 is 6.18 Å². The largest absolute Gasteiger partial charge is 0.433 e. The maximum Gasteiger partial charge on any atom is 0.433 e. The fourth-order valence-corrected chi connectivity index (χ4v) is 2.21. The molecule has 0 spiro atoms. The van der Waals surface area contributed by atoms with Crippen LogP contribution in [-0.2, 0) is 11.0 Å². The quantitative estimate of drug-likeness (QED) is 0.877. The first-order valence-electron chi connectivity index (χ1n) is 6.34. The highest BCUT2D eigenvalue weighted by molar-refractivity contribution is 5.82. The molecule has 1 amide bonds. The van der Waals surface area contributed by atoms with E-state index in [1.807, 2.05) is 0 Å². The SMILES string of the molecule is CNc1nc(N2CCC(C)(C(N)=O)C2)cc(C(F)(F)F)n1. The lowest BCUT2D eigenvalue weighted by molar-refractivity contribution is -0.141. The third-order valence-corrected chi connectivity index (χ3v) is 3.62. The van der Waals surface area contributed by atoms with Crippen LogP contribution in [0, 0.1) is 5.41 Å². The number of nitrogens with zero attached hydrogens (tertiary/aromatic N) is 3. The second-order valence-electron chi connectivity index (χ2n) is 5.28. The second-order valence-corrected chi connectivity index (χ2v) is 5.28. The van der Waals surface area contributed by atoms with Gasteiger partial charge in [-0.05, 0) is 13.3 Å². The van der Waals surface area contributed by atoms with Crippen molar-refractivity contribution in [2.45, 2.75) is 19.5 Å². The summed E-state index contributed by atoms with van der Waals surface area (Å²) in [5.41, 5.74) is 3.55. The summed E-state index contributed by atoms with van der Waals surface area (Å²) in [5.74, 6) is -0.455. The van der Waals surface area contributed by atoms with Crippen LogP contribution in [0.25, 0.3) is 0 Å². The molecule has 0 aliphatic carbocycles. The zero-order chi connectivity index (χ0) is 15.8. The van der Waals surface area contributed by atoms with Crippen LogP contribution in [-0.4, -0.2) is 36.0 Å². The Labute approximate surface area is 119 Å². The van der Waals surface area contributed by atoms with E-state index in [2.05, 4.69) is 15.3 Å². The fourth-order valence-electron chi connectivity index (χ4n) is 2.21. The van der Waals surface area contributed by atoms with Gasteiger partial charge in [0.2, 0.25) is 11.9 Å². The van der Waals surface area contributed by atoms with E-state index in [-0.39, 0.29) is 18.3 Å². The molecule has 1 aromatic heterocycles. The Kier molecular flexibility index (Phi) is 3.68. The predicted octanol–water partition coefficient (Wildman–Crippen LogP) is 1.24. The zero-order valence-corrected chi connectivity index (χ0v) is 11.7. The molecule has 0 saturated carbocycles. The van der Waals surface area contributed by atoms with Crippen molar-refractivity contribution in [1.29, 1.82) is 0 Å². The number of hydrogen-bond donors (Lipinski definition) is 2. The standard InChI is InChI=1S/C12H16F3N5O/c1-11(9(16)21)3-4-20(6-11)8-5-7(12(13,14)15)18-10(17-2)19-8/h5H,3-4,6H2,1-2H3,(H2,16,21)(H,17,18,19). The highest BCUT2D eigenvalue weighted by atomic mass is 19.4. The van der Waals surface area contributed by atoms with Crippen molar-refractivity contribution < 1.29 is 18.0 Å². The van der Waals surface area contributed by atoms with Gasteiger partial charge in [0.25, 0.3) is 0 Å². The van der Waals surface area contributed by atoms with Crippen LogP contribution in [0.1, 0.15) is 19.0 Å². The lowest BCUT2D eigenvalue weighted by Gasteiger charge is -2.22. The number of carbonyl (C=O) groups excluding carboxylic acids is 1.